The molecule has 0 saturated heterocycles. The SMILES string of the molecule is CC(C)(O)C(C)(C)OBC1=COCCC1. The van der Waals surface area contributed by atoms with Gasteiger partial charge in [0.15, 0.2) is 0 Å². The van der Waals surface area contributed by atoms with Gasteiger partial charge in [0.05, 0.1) is 24.1 Å². The van der Waals surface area contributed by atoms with E-state index < -0.39 is 11.2 Å². The lowest BCUT2D eigenvalue weighted by molar-refractivity contribution is -0.0898. The van der Waals surface area contributed by atoms with Crippen LogP contribution in [0.2, 0.25) is 0 Å². The lowest BCUT2D eigenvalue weighted by atomic mass is 9.80. The summed E-state index contributed by atoms with van der Waals surface area (Å²) in [6.45, 7) is 8.13. The van der Waals surface area contributed by atoms with Crippen molar-refractivity contribution in [2.75, 3.05) is 6.61 Å². The number of hydrogen-bond acceptors (Lipinski definition) is 3. The maximum atomic E-state index is 9.90. The number of aliphatic hydroxyl groups is 1. The molecular weight excluding hydrogens is 191 g/mol. The van der Waals surface area contributed by atoms with Crippen LogP contribution in [-0.4, -0.2) is 30.4 Å². The highest BCUT2D eigenvalue weighted by Gasteiger charge is 2.35. The highest BCUT2D eigenvalue weighted by Crippen LogP contribution is 2.25. The first-order valence-electron chi connectivity index (χ1n) is 5.49. The standard InChI is InChI=1S/C11H21BO3/c1-10(2,13)11(3,4)15-12-9-6-5-7-14-8-9/h8,12-13H,5-7H2,1-4H3. The number of allylic oxidation sites excluding steroid dienone is 1. The summed E-state index contributed by atoms with van der Waals surface area (Å²) >= 11 is 0. The molecule has 0 bridgehead atoms. The highest BCUT2D eigenvalue weighted by molar-refractivity contribution is 6.38. The van der Waals surface area contributed by atoms with Crippen molar-refractivity contribution in [2.45, 2.75) is 51.7 Å². The van der Waals surface area contributed by atoms with Gasteiger partial charge in [-0.05, 0) is 46.0 Å². The second-order valence-corrected chi connectivity index (χ2v) is 5.11. The van der Waals surface area contributed by atoms with E-state index in [0.29, 0.717) is 7.48 Å². The van der Waals surface area contributed by atoms with Gasteiger partial charge in [0.25, 0.3) is 0 Å². The monoisotopic (exact) mass is 212 g/mol. The molecule has 0 saturated carbocycles. The molecule has 0 aromatic heterocycles. The fraction of sp³-hybridized carbons (Fsp3) is 0.818. The van der Waals surface area contributed by atoms with Crippen molar-refractivity contribution in [1.82, 2.24) is 0 Å². The maximum Gasteiger partial charge on any atom is 0.308 e. The van der Waals surface area contributed by atoms with Crippen molar-refractivity contribution in [3.05, 3.63) is 11.7 Å². The predicted molar refractivity (Wildman–Crippen MR) is 61.9 cm³/mol. The molecule has 0 aromatic carbocycles. The minimum Gasteiger partial charge on any atom is -0.502 e. The van der Waals surface area contributed by atoms with Crippen LogP contribution in [0.5, 0.6) is 0 Å². The van der Waals surface area contributed by atoms with Crippen LogP contribution in [0.3, 0.4) is 0 Å². The molecular formula is C11H21BO3. The Morgan fingerprint density at radius 1 is 1.40 bits per heavy atom. The van der Waals surface area contributed by atoms with E-state index in [1.54, 1.807) is 20.1 Å². The van der Waals surface area contributed by atoms with E-state index in [4.69, 9.17) is 9.39 Å². The number of hydrogen-bond donors (Lipinski definition) is 1. The lowest BCUT2D eigenvalue weighted by Gasteiger charge is -2.38. The Balaban J connectivity index is 2.45. The van der Waals surface area contributed by atoms with E-state index in [0.717, 1.165) is 19.4 Å². The molecule has 0 aliphatic carbocycles. The zero-order valence-electron chi connectivity index (χ0n) is 10.2. The van der Waals surface area contributed by atoms with E-state index in [2.05, 4.69) is 0 Å². The summed E-state index contributed by atoms with van der Waals surface area (Å²) in [5.74, 6) is 0. The number of ether oxygens (including phenoxy) is 1. The summed E-state index contributed by atoms with van der Waals surface area (Å²) in [5.41, 5.74) is -0.229. The van der Waals surface area contributed by atoms with E-state index in [1.165, 1.54) is 5.47 Å². The summed E-state index contributed by atoms with van der Waals surface area (Å²) in [5, 5.41) is 9.90. The predicted octanol–water partition coefficient (Wildman–Crippen LogP) is 1.56. The van der Waals surface area contributed by atoms with E-state index in [-0.39, 0.29) is 0 Å². The Morgan fingerprint density at radius 2 is 2.07 bits per heavy atom. The highest BCUT2D eigenvalue weighted by atomic mass is 16.5. The molecule has 0 fully saturated rings. The first-order chi connectivity index (χ1) is 6.83. The zero-order chi connectivity index (χ0) is 11.5. The largest absolute Gasteiger partial charge is 0.502 e. The van der Waals surface area contributed by atoms with Crippen LogP contribution in [0.4, 0.5) is 0 Å². The molecule has 0 radical (unpaired) electrons. The molecule has 1 heterocycles. The third-order valence-corrected chi connectivity index (χ3v) is 3.10. The smallest absolute Gasteiger partial charge is 0.308 e. The van der Waals surface area contributed by atoms with Crippen LogP contribution in [0.15, 0.2) is 11.7 Å². The lowest BCUT2D eigenvalue weighted by Crippen LogP contribution is -2.48. The van der Waals surface area contributed by atoms with Gasteiger partial charge in [-0.3, -0.25) is 0 Å². The number of rotatable bonds is 4. The molecule has 4 heteroatoms. The van der Waals surface area contributed by atoms with Gasteiger partial charge in [0, 0.05) is 0 Å². The van der Waals surface area contributed by atoms with Crippen LogP contribution in [0.25, 0.3) is 0 Å². The van der Waals surface area contributed by atoms with Crippen LogP contribution in [0, 0.1) is 0 Å². The van der Waals surface area contributed by atoms with Gasteiger partial charge in [-0.1, -0.05) is 0 Å². The molecule has 15 heavy (non-hydrogen) atoms. The molecule has 3 nitrogen and oxygen atoms in total. The van der Waals surface area contributed by atoms with E-state index >= 15 is 0 Å². The normalized spacial score (nSPS) is 18.1. The second kappa shape index (κ2) is 4.58. The third kappa shape index (κ3) is 3.54. The van der Waals surface area contributed by atoms with Gasteiger partial charge < -0.3 is 14.5 Å². The topological polar surface area (TPSA) is 38.7 Å². The summed E-state index contributed by atoms with van der Waals surface area (Å²) < 4.78 is 11.0. The molecule has 86 valence electrons. The van der Waals surface area contributed by atoms with Gasteiger partial charge in [-0.2, -0.15) is 0 Å². The molecule has 0 aromatic rings. The zero-order valence-corrected chi connectivity index (χ0v) is 10.2. The molecule has 1 rings (SSSR count). The molecule has 1 N–H and O–H groups in total. The summed E-state index contributed by atoms with van der Waals surface area (Å²) in [6.07, 6.45) is 3.87. The quantitative estimate of drug-likeness (QED) is 0.718. The molecule has 1 aliphatic heterocycles. The van der Waals surface area contributed by atoms with Crippen molar-refractivity contribution in [3.63, 3.8) is 0 Å². The van der Waals surface area contributed by atoms with Gasteiger partial charge in [-0.25, -0.2) is 0 Å². The van der Waals surface area contributed by atoms with Crippen molar-refractivity contribution >= 4 is 7.48 Å². The molecule has 0 unspecified atom stereocenters. The Hall–Kier alpha value is -0.475. The Kier molecular flexibility index (Phi) is 3.84. The second-order valence-electron chi connectivity index (χ2n) is 5.11. The molecule has 0 atom stereocenters. The molecule has 0 spiro atoms. The van der Waals surface area contributed by atoms with Gasteiger partial charge in [-0.15, -0.1) is 0 Å². The average Bonchev–Trinajstić information content (AvgIpc) is 2.15. The third-order valence-electron chi connectivity index (χ3n) is 3.10. The Bertz CT molecular complexity index is 241. The fourth-order valence-corrected chi connectivity index (χ4v) is 1.17. The Labute approximate surface area is 92.7 Å². The molecule has 0 amide bonds. The van der Waals surface area contributed by atoms with Crippen molar-refractivity contribution in [2.24, 2.45) is 0 Å². The first kappa shape index (κ1) is 12.6. The minimum absolute atomic E-state index is 0.539. The van der Waals surface area contributed by atoms with Crippen LogP contribution < -0.4 is 0 Å². The van der Waals surface area contributed by atoms with Crippen LogP contribution >= 0.6 is 0 Å². The van der Waals surface area contributed by atoms with Gasteiger partial charge in [0.2, 0.25) is 0 Å². The van der Waals surface area contributed by atoms with Crippen molar-refractivity contribution in [1.29, 1.82) is 0 Å². The van der Waals surface area contributed by atoms with Crippen molar-refractivity contribution < 1.29 is 14.5 Å². The van der Waals surface area contributed by atoms with Crippen LogP contribution in [-0.2, 0) is 9.39 Å². The maximum absolute atomic E-state index is 9.90. The summed E-state index contributed by atoms with van der Waals surface area (Å²) in [6, 6.07) is 0. The minimum atomic E-state index is -0.844. The van der Waals surface area contributed by atoms with Gasteiger partial charge >= 0.3 is 7.48 Å². The van der Waals surface area contributed by atoms with Gasteiger partial charge in [0.1, 0.15) is 0 Å². The Morgan fingerprint density at radius 3 is 2.53 bits per heavy atom. The fourth-order valence-electron chi connectivity index (χ4n) is 1.17. The average molecular weight is 212 g/mol. The van der Waals surface area contributed by atoms with E-state index in [9.17, 15) is 5.11 Å². The van der Waals surface area contributed by atoms with Crippen molar-refractivity contribution in [3.8, 4) is 0 Å². The summed E-state index contributed by atoms with van der Waals surface area (Å²) in [4.78, 5) is 0. The summed E-state index contributed by atoms with van der Waals surface area (Å²) in [7, 11) is 0.539. The van der Waals surface area contributed by atoms with E-state index in [1.807, 2.05) is 13.8 Å². The molecule has 1 aliphatic rings. The first-order valence-corrected chi connectivity index (χ1v) is 5.49. The van der Waals surface area contributed by atoms with Crippen LogP contribution in [0.1, 0.15) is 40.5 Å².